The number of ether oxygens (including phenoxy) is 1. The molecule has 3 nitrogen and oxygen atoms in total. The van der Waals surface area contributed by atoms with Crippen molar-refractivity contribution in [3.8, 4) is 0 Å². The molecule has 0 saturated heterocycles. The predicted molar refractivity (Wildman–Crippen MR) is 72.9 cm³/mol. The summed E-state index contributed by atoms with van der Waals surface area (Å²) in [6, 6.07) is 10.6. The third-order valence-corrected chi connectivity index (χ3v) is 3.01. The minimum atomic E-state index is -0.374. The van der Waals surface area contributed by atoms with Crippen LogP contribution in [0.5, 0.6) is 0 Å². The van der Waals surface area contributed by atoms with Crippen molar-refractivity contribution in [3.63, 3.8) is 0 Å². The van der Waals surface area contributed by atoms with E-state index in [1.807, 2.05) is 43.1 Å². The van der Waals surface area contributed by atoms with Crippen LogP contribution in [-0.2, 0) is 11.8 Å². The van der Waals surface area contributed by atoms with E-state index >= 15 is 0 Å². The summed E-state index contributed by atoms with van der Waals surface area (Å²) >= 11 is 5.85. The second-order valence-corrected chi connectivity index (χ2v) is 4.80. The maximum absolute atomic E-state index is 12.0. The summed E-state index contributed by atoms with van der Waals surface area (Å²) in [5, 5.41) is 0.521. The molecule has 1 atom stereocenters. The summed E-state index contributed by atoms with van der Waals surface area (Å²) in [5.74, 6) is -0.374. The summed E-state index contributed by atoms with van der Waals surface area (Å²) in [4.78, 5) is 12.0. The van der Waals surface area contributed by atoms with E-state index in [0.29, 0.717) is 10.6 Å². The highest BCUT2D eigenvalue weighted by Crippen LogP contribution is 2.18. The molecule has 0 aliphatic heterocycles. The number of pyridine rings is 1. The van der Waals surface area contributed by atoms with Crippen molar-refractivity contribution in [1.29, 1.82) is 0 Å². The Morgan fingerprint density at radius 3 is 2.70 bits per heavy atom. The Morgan fingerprint density at radius 2 is 2.05 bits per heavy atom. The van der Waals surface area contributed by atoms with Crippen LogP contribution in [0.15, 0.2) is 48.8 Å². The number of nitrogens with zero attached hydrogens (tertiary/aromatic N) is 1. The lowest BCUT2D eigenvalue weighted by molar-refractivity contribution is -0.672. The third kappa shape index (κ3) is 4.45. The highest BCUT2D eigenvalue weighted by molar-refractivity contribution is 6.30. The minimum absolute atomic E-state index is 0. The van der Waals surface area contributed by atoms with Crippen molar-refractivity contribution >= 4 is 17.6 Å². The second-order valence-electron chi connectivity index (χ2n) is 4.36. The van der Waals surface area contributed by atoms with Crippen molar-refractivity contribution in [2.45, 2.75) is 13.0 Å². The summed E-state index contributed by atoms with van der Waals surface area (Å²) < 4.78 is 7.34. The van der Waals surface area contributed by atoms with Crippen LogP contribution in [0.1, 0.15) is 28.9 Å². The maximum Gasteiger partial charge on any atom is 0.338 e. The molecule has 0 saturated carbocycles. The highest BCUT2D eigenvalue weighted by Gasteiger charge is 2.15. The van der Waals surface area contributed by atoms with Gasteiger partial charge in [0.15, 0.2) is 12.4 Å². The van der Waals surface area contributed by atoms with E-state index in [-0.39, 0.29) is 36.0 Å². The number of esters is 1. The molecule has 2 rings (SSSR count). The normalized spacial score (nSPS) is 11.3. The van der Waals surface area contributed by atoms with Gasteiger partial charge in [-0.3, -0.25) is 0 Å². The molecule has 1 aromatic heterocycles. The molecule has 0 N–H and O–H groups in total. The van der Waals surface area contributed by atoms with Crippen LogP contribution < -0.4 is 28.5 Å². The van der Waals surface area contributed by atoms with Crippen molar-refractivity contribution in [1.82, 2.24) is 0 Å². The number of carbonyl (C=O) groups is 1. The van der Waals surface area contributed by atoms with Crippen LogP contribution >= 0.6 is 11.6 Å². The Balaban J connectivity index is 0.00000200. The SMILES string of the molecule is CC(OC(=O)c1cccc(Cl)c1)c1ccc[n+](C)c1.[I-]. The average Bonchev–Trinajstić information content (AvgIpc) is 2.38. The first-order chi connectivity index (χ1) is 9.06. The van der Waals surface area contributed by atoms with Crippen molar-refractivity contribution in [2.75, 3.05) is 0 Å². The lowest BCUT2D eigenvalue weighted by Gasteiger charge is -2.12. The molecule has 1 heterocycles. The zero-order valence-electron chi connectivity index (χ0n) is 11.2. The van der Waals surface area contributed by atoms with E-state index in [2.05, 4.69) is 0 Å². The first-order valence-corrected chi connectivity index (χ1v) is 6.36. The first-order valence-electron chi connectivity index (χ1n) is 5.98. The maximum atomic E-state index is 12.0. The second kappa shape index (κ2) is 7.59. The molecular weight excluding hydrogens is 389 g/mol. The fourth-order valence-electron chi connectivity index (χ4n) is 1.76. The molecule has 0 bridgehead atoms. The highest BCUT2D eigenvalue weighted by atomic mass is 127. The Hall–Kier alpha value is -1.14. The summed E-state index contributed by atoms with van der Waals surface area (Å²) in [5.41, 5.74) is 1.40. The van der Waals surface area contributed by atoms with Gasteiger partial charge in [-0.05, 0) is 31.2 Å². The van der Waals surface area contributed by atoms with E-state index in [1.54, 1.807) is 24.3 Å². The van der Waals surface area contributed by atoms with Crippen LogP contribution in [0.25, 0.3) is 0 Å². The molecule has 0 aliphatic rings. The molecule has 0 aliphatic carbocycles. The Morgan fingerprint density at radius 1 is 1.30 bits per heavy atom. The standard InChI is InChI=1S/C15H15ClNO2.HI/c1-11(13-6-4-8-17(2)10-13)19-15(18)12-5-3-7-14(16)9-12;/h3-11H,1-2H3;1H/q+1;/p-1. The van der Waals surface area contributed by atoms with Crippen molar-refractivity contribution in [2.24, 2.45) is 7.05 Å². The molecule has 106 valence electrons. The van der Waals surface area contributed by atoms with E-state index in [0.717, 1.165) is 5.56 Å². The molecule has 20 heavy (non-hydrogen) atoms. The van der Waals surface area contributed by atoms with E-state index in [1.165, 1.54) is 0 Å². The monoisotopic (exact) mass is 403 g/mol. The molecule has 1 aromatic carbocycles. The zero-order chi connectivity index (χ0) is 13.8. The summed E-state index contributed by atoms with van der Waals surface area (Å²) in [6.45, 7) is 1.85. The van der Waals surface area contributed by atoms with E-state index in [4.69, 9.17) is 16.3 Å². The van der Waals surface area contributed by atoms with Crippen molar-refractivity contribution in [3.05, 3.63) is 64.9 Å². The Labute approximate surface area is 140 Å². The zero-order valence-corrected chi connectivity index (χ0v) is 14.1. The number of benzene rings is 1. The molecule has 5 heteroatoms. The number of carbonyl (C=O) groups excluding carboxylic acids is 1. The fraction of sp³-hybridized carbons (Fsp3) is 0.200. The van der Waals surface area contributed by atoms with Crippen LogP contribution in [0.3, 0.4) is 0 Å². The van der Waals surface area contributed by atoms with Gasteiger partial charge >= 0.3 is 5.97 Å². The Bertz CT molecular complexity index is 604. The largest absolute Gasteiger partial charge is 1.00 e. The number of hydrogen-bond acceptors (Lipinski definition) is 2. The van der Waals surface area contributed by atoms with Crippen LogP contribution in [0.4, 0.5) is 0 Å². The number of hydrogen-bond donors (Lipinski definition) is 0. The van der Waals surface area contributed by atoms with Gasteiger partial charge in [0, 0.05) is 11.1 Å². The molecule has 0 fully saturated rings. The number of rotatable bonds is 3. The van der Waals surface area contributed by atoms with Crippen LogP contribution in [0, 0.1) is 0 Å². The van der Waals surface area contributed by atoms with E-state index in [9.17, 15) is 4.79 Å². The number of halogens is 2. The summed E-state index contributed by atoms with van der Waals surface area (Å²) in [6.07, 6.45) is 3.55. The Kier molecular flexibility index (Phi) is 6.42. The van der Waals surface area contributed by atoms with Crippen LogP contribution in [-0.4, -0.2) is 5.97 Å². The molecule has 0 amide bonds. The van der Waals surface area contributed by atoms with Gasteiger partial charge in [-0.15, -0.1) is 0 Å². The lowest BCUT2D eigenvalue weighted by atomic mass is 10.2. The number of aromatic nitrogens is 1. The lowest BCUT2D eigenvalue weighted by Crippen LogP contribution is -3.00. The van der Waals surface area contributed by atoms with Gasteiger partial charge in [-0.25, -0.2) is 9.36 Å². The number of aryl methyl sites for hydroxylation is 1. The van der Waals surface area contributed by atoms with Crippen molar-refractivity contribution < 1.29 is 38.1 Å². The summed E-state index contributed by atoms with van der Waals surface area (Å²) in [7, 11) is 1.93. The van der Waals surface area contributed by atoms with Gasteiger partial charge in [-0.2, -0.15) is 0 Å². The van der Waals surface area contributed by atoms with E-state index < -0.39 is 0 Å². The fourth-order valence-corrected chi connectivity index (χ4v) is 1.95. The topological polar surface area (TPSA) is 30.2 Å². The minimum Gasteiger partial charge on any atom is -1.00 e. The predicted octanol–water partition coefficient (Wildman–Crippen LogP) is 0.0865. The van der Waals surface area contributed by atoms with Gasteiger partial charge in [-0.1, -0.05) is 17.7 Å². The molecule has 0 radical (unpaired) electrons. The molecule has 0 spiro atoms. The molecule has 2 aromatic rings. The van der Waals surface area contributed by atoms with Gasteiger partial charge in [0.1, 0.15) is 13.2 Å². The van der Waals surface area contributed by atoms with Gasteiger partial charge in [0.25, 0.3) is 0 Å². The van der Waals surface area contributed by atoms with Gasteiger partial charge in [0.05, 0.1) is 11.1 Å². The quantitative estimate of drug-likeness (QED) is 0.413. The first kappa shape index (κ1) is 16.9. The third-order valence-electron chi connectivity index (χ3n) is 2.78. The van der Waals surface area contributed by atoms with Crippen LogP contribution in [0.2, 0.25) is 5.02 Å². The smallest absolute Gasteiger partial charge is 0.338 e. The van der Waals surface area contributed by atoms with Gasteiger partial charge < -0.3 is 28.7 Å². The molecular formula is C15H15ClINO2. The average molecular weight is 404 g/mol. The van der Waals surface area contributed by atoms with Gasteiger partial charge in [0.2, 0.25) is 0 Å². The molecule has 1 unspecified atom stereocenters.